The van der Waals surface area contributed by atoms with E-state index in [2.05, 4.69) is 0 Å². The van der Waals surface area contributed by atoms with Crippen LogP contribution in [-0.4, -0.2) is 27.6 Å². The predicted molar refractivity (Wildman–Crippen MR) is 63.5 cm³/mol. The van der Waals surface area contributed by atoms with Crippen LogP contribution in [0.2, 0.25) is 0 Å². The van der Waals surface area contributed by atoms with Crippen molar-refractivity contribution in [3.63, 3.8) is 0 Å². The molecule has 1 unspecified atom stereocenters. The molecule has 4 heteroatoms. The lowest BCUT2D eigenvalue weighted by Gasteiger charge is -2.28. The molecule has 1 atom stereocenters. The number of rotatable bonds is 3. The van der Waals surface area contributed by atoms with Crippen LogP contribution in [0.15, 0.2) is 35.5 Å². The highest BCUT2D eigenvalue weighted by Crippen LogP contribution is 2.29. The summed E-state index contributed by atoms with van der Waals surface area (Å²) in [6.45, 7) is 3.33. The fourth-order valence-electron chi connectivity index (χ4n) is 1.68. The van der Waals surface area contributed by atoms with Crippen molar-refractivity contribution in [1.82, 2.24) is 0 Å². The van der Waals surface area contributed by atoms with Crippen molar-refractivity contribution in [3.8, 4) is 0 Å². The predicted octanol–water partition coefficient (Wildman–Crippen LogP) is 1.61. The third-order valence-electron chi connectivity index (χ3n) is 2.79. The number of carbonyl (C=O) groups excluding carboxylic acids is 1. The van der Waals surface area contributed by atoms with Crippen molar-refractivity contribution < 1.29 is 19.8 Å². The van der Waals surface area contributed by atoms with Gasteiger partial charge < -0.3 is 10.2 Å². The molecule has 0 aromatic rings. The molecule has 92 valence electrons. The number of hydrogen-bond donors (Lipinski definition) is 2. The highest BCUT2D eigenvalue weighted by molar-refractivity contribution is 5.92. The van der Waals surface area contributed by atoms with Crippen LogP contribution in [0.5, 0.6) is 0 Å². The molecule has 0 heterocycles. The van der Waals surface area contributed by atoms with E-state index in [4.69, 9.17) is 5.11 Å². The van der Waals surface area contributed by atoms with Crippen molar-refractivity contribution in [1.29, 1.82) is 0 Å². The Hall–Kier alpha value is -1.68. The quantitative estimate of drug-likeness (QED) is 0.576. The highest BCUT2D eigenvalue weighted by atomic mass is 16.4. The lowest BCUT2D eigenvalue weighted by molar-refractivity contribution is -0.131. The van der Waals surface area contributed by atoms with Crippen molar-refractivity contribution in [2.24, 2.45) is 0 Å². The Morgan fingerprint density at radius 3 is 2.71 bits per heavy atom. The molecule has 0 radical (unpaired) electrons. The number of allylic oxidation sites excluding steroid dienone is 3. The number of carboxylic acids is 1. The Bertz CT molecular complexity index is 429. The molecule has 0 saturated carbocycles. The van der Waals surface area contributed by atoms with Gasteiger partial charge in [0.2, 0.25) is 0 Å². The summed E-state index contributed by atoms with van der Waals surface area (Å²) in [6.07, 6.45) is 6.24. The summed E-state index contributed by atoms with van der Waals surface area (Å²) in [5.74, 6) is -1.01. The van der Waals surface area contributed by atoms with Gasteiger partial charge in [-0.25, -0.2) is 4.79 Å². The van der Waals surface area contributed by atoms with E-state index in [9.17, 15) is 14.7 Å². The number of carbonyl (C=O) groups is 2. The largest absolute Gasteiger partial charge is 0.478 e. The molecule has 0 aliphatic heterocycles. The van der Waals surface area contributed by atoms with Gasteiger partial charge in [-0.1, -0.05) is 6.08 Å². The van der Waals surface area contributed by atoms with Crippen LogP contribution >= 0.6 is 0 Å². The summed E-state index contributed by atoms with van der Waals surface area (Å²) in [4.78, 5) is 21.6. The molecule has 0 bridgehead atoms. The average Bonchev–Trinajstić information content (AvgIpc) is 2.21. The maximum atomic E-state index is 11.1. The molecule has 1 rings (SSSR count). The SMILES string of the molecule is CC1=CC(=O)CCC1(O)/C=C/C(C)=C\C(=O)O. The molecule has 2 N–H and O–H groups in total. The van der Waals surface area contributed by atoms with Gasteiger partial charge in [0.05, 0.1) is 0 Å². The van der Waals surface area contributed by atoms with Crippen molar-refractivity contribution in [2.75, 3.05) is 0 Å². The Balaban J connectivity index is 2.87. The fraction of sp³-hybridized carbons (Fsp3) is 0.385. The number of carboxylic acid groups (broad SMARTS) is 1. The van der Waals surface area contributed by atoms with Gasteiger partial charge in [-0.2, -0.15) is 0 Å². The Kier molecular flexibility index (Phi) is 4.02. The molecule has 1 aliphatic rings. The lowest BCUT2D eigenvalue weighted by Crippen LogP contribution is -2.32. The van der Waals surface area contributed by atoms with Crippen molar-refractivity contribution >= 4 is 11.8 Å². The molecule has 0 saturated heterocycles. The molecule has 17 heavy (non-hydrogen) atoms. The Morgan fingerprint density at radius 1 is 1.53 bits per heavy atom. The van der Waals surface area contributed by atoms with E-state index in [0.29, 0.717) is 24.0 Å². The maximum absolute atomic E-state index is 11.1. The topological polar surface area (TPSA) is 74.6 Å². The second-order valence-electron chi connectivity index (χ2n) is 4.28. The monoisotopic (exact) mass is 236 g/mol. The Labute approximate surface area is 100.0 Å². The minimum absolute atomic E-state index is 0.0124. The van der Waals surface area contributed by atoms with Crippen LogP contribution in [-0.2, 0) is 9.59 Å². The molecule has 1 aliphatic carbocycles. The molecule has 0 aromatic heterocycles. The second kappa shape index (κ2) is 5.10. The van der Waals surface area contributed by atoms with E-state index in [-0.39, 0.29) is 5.78 Å². The maximum Gasteiger partial charge on any atom is 0.328 e. The van der Waals surface area contributed by atoms with E-state index in [1.807, 2.05) is 0 Å². The van der Waals surface area contributed by atoms with Gasteiger partial charge in [-0.3, -0.25) is 4.79 Å². The van der Waals surface area contributed by atoms with Gasteiger partial charge in [0.1, 0.15) is 5.60 Å². The zero-order valence-corrected chi connectivity index (χ0v) is 9.93. The van der Waals surface area contributed by atoms with E-state index >= 15 is 0 Å². The minimum atomic E-state index is -1.14. The molecule has 0 spiro atoms. The van der Waals surface area contributed by atoms with E-state index in [1.54, 1.807) is 26.0 Å². The first kappa shape index (κ1) is 13.4. The number of aliphatic hydroxyl groups is 1. The van der Waals surface area contributed by atoms with Gasteiger partial charge in [0.25, 0.3) is 0 Å². The summed E-state index contributed by atoms with van der Waals surface area (Å²) in [7, 11) is 0. The first-order valence-corrected chi connectivity index (χ1v) is 5.38. The first-order valence-electron chi connectivity index (χ1n) is 5.38. The van der Waals surface area contributed by atoms with Gasteiger partial charge >= 0.3 is 5.97 Å². The van der Waals surface area contributed by atoms with Gasteiger partial charge in [0.15, 0.2) is 5.78 Å². The van der Waals surface area contributed by atoms with Crippen LogP contribution in [0.4, 0.5) is 0 Å². The van der Waals surface area contributed by atoms with E-state index in [1.165, 1.54) is 6.08 Å². The van der Waals surface area contributed by atoms with Gasteiger partial charge in [-0.15, -0.1) is 0 Å². The van der Waals surface area contributed by atoms with Crippen LogP contribution in [0, 0.1) is 0 Å². The standard InChI is InChI=1S/C13H16O4/c1-9(7-12(15)16)3-5-13(17)6-4-11(14)8-10(13)2/h3,5,7-8,17H,4,6H2,1-2H3,(H,15,16)/b5-3+,9-7-. The van der Waals surface area contributed by atoms with E-state index in [0.717, 1.165) is 6.08 Å². The summed E-state index contributed by atoms with van der Waals surface area (Å²) in [5, 5.41) is 18.8. The van der Waals surface area contributed by atoms with Crippen molar-refractivity contribution in [2.45, 2.75) is 32.3 Å². The summed E-state index contributed by atoms with van der Waals surface area (Å²) in [5.41, 5.74) is -0.00892. The Morgan fingerprint density at radius 2 is 2.18 bits per heavy atom. The highest BCUT2D eigenvalue weighted by Gasteiger charge is 2.30. The minimum Gasteiger partial charge on any atom is -0.478 e. The molecule has 4 nitrogen and oxygen atoms in total. The molecule has 0 aromatic carbocycles. The summed E-state index contributed by atoms with van der Waals surface area (Å²) < 4.78 is 0. The normalized spacial score (nSPS) is 26.2. The molecular weight excluding hydrogens is 220 g/mol. The zero-order valence-electron chi connectivity index (χ0n) is 9.93. The first-order chi connectivity index (χ1) is 7.83. The van der Waals surface area contributed by atoms with Crippen LogP contribution in [0.3, 0.4) is 0 Å². The van der Waals surface area contributed by atoms with Crippen LogP contribution in [0.25, 0.3) is 0 Å². The van der Waals surface area contributed by atoms with Crippen LogP contribution < -0.4 is 0 Å². The number of hydrogen-bond acceptors (Lipinski definition) is 3. The smallest absolute Gasteiger partial charge is 0.328 e. The summed E-state index contributed by atoms with van der Waals surface area (Å²) in [6, 6.07) is 0. The zero-order chi connectivity index (χ0) is 13.1. The number of ketones is 1. The van der Waals surface area contributed by atoms with Crippen molar-refractivity contribution in [3.05, 3.63) is 35.5 Å². The third kappa shape index (κ3) is 3.67. The number of aliphatic carboxylic acids is 1. The van der Waals surface area contributed by atoms with Gasteiger partial charge in [0, 0.05) is 12.5 Å². The molecule has 0 amide bonds. The lowest BCUT2D eigenvalue weighted by atomic mass is 9.83. The second-order valence-corrected chi connectivity index (χ2v) is 4.28. The molecule has 0 fully saturated rings. The average molecular weight is 236 g/mol. The fourth-order valence-corrected chi connectivity index (χ4v) is 1.68. The summed E-state index contributed by atoms with van der Waals surface area (Å²) >= 11 is 0. The molecular formula is C13H16O4. The van der Waals surface area contributed by atoms with Crippen LogP contribution in [0.1, 0.15) is 26.7 Å². The third-order valence-corrected chi connectivity index (χ3v) is 2.79. The van der Waals surface area contributed by atoms with E-state index < -0.39 is 11.6 Å². The van der Waals surface area contributed by atoms with Gasteiger partial charge in [-0.05, 0) is 43.6 Å².